The maximum Gasteiger partial charge on any atom is 0.496 e. The van der Waals surface area contributed by atoms with E-state index in [0.29, 0.717) is 0 Å². The molecular weight excluding hydrogens is 201 g/mol. The summed E-state index contributed by atoms with van der Waals surface area (Å²) >= 11 is 0. The number of hydrogen-bond donors (Lipinski definition) is 0. The average Bonchev–Trinajstić information content (AvgIpc) is 2.36. The second-order valence-corrected chi connectivity index (χ2v) is 4.90. The highest BCUT2D eigenvalue weighted by Crippen LogP contribution is 2.38. The summed E-state index contributed by atoms with van der Waals surface area (Å²) in [6, 6.07) is 0. The van der Waals surface area contributed by atoms with Crippen LogP contribution < -0.4 is 0 Å². The van der Waals surface area contributed by atoms with Gasteiger partial charge in [-0.2, -0.15) is 0 Å². The Bertz CT molecular complexity index is 316. The third kappa shape index (κ3) is 2.44. The summed E-state index contributed by atoms with van der Waals surface area (Å²) in [6.45, 7) is 13.5. The van der Waals surface area contributed by atoms with Crippen molar-refractivity contribution >= 4 is 13.8 Å². The summed E-state index contributed by atoms with van der Waals surface area (Å²) in [5.41, 5.74) is 0.245. The first kappa shape index (κ1) is 13.2. The number of aliphatic imine (C=N–C) groups is 1. The lowest BCUT2D eigenvalue weighted by molar-refractivity contribution is 0.00578. The zero-order chi connectivity index (χ0) is 12.4. The molecule has 0 aromatic carbocycles. The zero-order valence-electron chi connectivity index (χ0n) is 10.8. The van der Waals surface area contributed by atoms with Gasteiger partial charge in [-0.3, -0.25) is 4.99 Å². The molecule has 0 aromatic rings. The van der Waals surface area contributed by atoms with Crippen LogP contribution in [-0.2, 0) is 9.31 Å². The molecule has 0 spiro atoms. The van der Waals surface area contributed by atoms with Gasteiger partial charge in [0.1, 0.15) is 0 Å². The Hall–Kier alpha value is -0.865. The molecule has 16 heavy (non-hydrogen) atoms. The maximum atomic E-state index is 5.90. The van der Waals surface area contributed by atoms with Gasteiger partial charge in [0.2, 0.25) is 0 Å². The summed E-state index contributed by atoms with van der Waals surface area (Å²) < 4.78 is 11.8. The van der Waals surface area contributed by atoms with Crippen LogP contribution >= 0.6 is 0 Å². The van der Waals surface area contributed by atoms with Gasteiger partial charge in [-0.15, -0.1) is 0 Å². The van der Waals surface area contributed by atoms with Crippen molar-refractivity contribution in [3.63, 3.8) is 0 Å². The van der Waals surface area contributed by atoms with Crippen LogP contribution in [0.5, 0.6) is 0 Å². The zero-order valence-corrected chi connectivity index (χ0v) is 10.8. The molecule has 0 aliphatic carbocycles. The van der Waals surface area contributed by atoms with E-state index in [1.54, 1.807) is 6.20 Å². The van der Waals surface area contributed by atoms with E-state index in [-0.39, 0.29) is 18.3 Å². The molecule has 1 rings (SSSR count). The van der Waals surface area contributed by atoms with E-state index in [4.69, 9.17) is 9.31 Å². The van der Waals surface area contributed by atoms with Gasteiger partial charge >= 0.3 is 7.12 Å². The van der Waals surface area contributed by atoms with Crippen molar-refractivity contribution in [3.8, 4) is 0 Å². The molecule has 1 aliphatic rings. The maximum absolute atomic E-state index is 5.90. The van der Waals surface area contributed by atoms with Crippen molar-refractivity contribution < 1.29 is 9.31 Å². The normalized spacial score (nSPS) is 24.1. The summed E-state index contributed by atoms with van der Waals surface area (Å²) in [5.74, 6) is 0. The number of hydrogen-bond acceptors (Lipinski definition) is 3. The first-order valence-electron chi connectivity index (χ1n) is 5.48. The Labute approximate surface area is 98.4 Å². The minimum absolute atomic E-state index is 0.320. The first-order chi connectivity index (χ1) is 7.34. The Balaban J connectivity index is 2.93. The minimum Gasteiger partial charge on any atom is -0.399 e. The molecule has 0 bridgehead atoms. The fourth-order valence-corrected chi connectivity index (χ4v) is 1.46. The van der Waals surface area contributed by atoms with E-state index in [0.717, 1.165) is 5.47 Å². The molecule has 1 saturated heterocycles. The predicted octanol–water partition coefficient (Wildman–Crippen LogP) is 2.78. The Kier molecular flexibility index (Phi) is 3.76. The van der Waals surface area contributed by atoms with E-state index < -0.39 is 0 Å². The SMILES string of the molecule is C=N/C=C(\C=C/C)B1OC(C)(C)C(C)(C)O1. The number of rotatable bonds is 3. The molecule has 1 heterocycles. The lowest BCUT2D eigenvalue weighted by Gasteiger charge is -2.32. The van der Waals surface area contributed by atoms with Crippen LogP contribution in [0, 0.1) is 0 Å². The number of nitrogens with zero attached hydrogens (tertiary/aromatic N) is 1. The minimum atomic E-state index is -0.369. The highest BCUT2D eigenvalue weighted by atomic mass is 16.7. The molecule has 1 fully saturated rings. The standard InChI is InChI=1S/C12H20BNO2/c1-7-8-10(9-14-6)13-15-11(2,3)12(4,5)16-13/h7-9H,6H2,1-5H3/b8-7-,10-9+. The van der Waals surface area contributed by atoms with Gasteiger partial charge in [0, 0.05) is 11.7 Å². The highest BCUT2D eigenvalue weighted by Gasteiger charge is 2.51. The topological polar surface area (TPSA) is 30.8 Å². The predicted molar refractivity (Wildman–Crippen MR) is 68.5 cm³/mol. The van der Waals surface area contributed by atoms with Gasteiger partial charge in [-0.05, 0) is 41.3 Å². The molecule has 0 radical (unpaired) electrons. The molecule has 0 N–H and O–H groups in total. The van der Waals surface area contributed by atoms with Gasteiger partial charge in [0.25, 0.3) is 0 Å². The van der Waals surface area contributed by atoms with Crippen LogP contribution in [0.2, 0.25) is 0 Å². The van der Waals surface area contributed by atoms with Gasteiger partial charge in [0.15, 0.2) is 0 Å². The van der Waals surface area contributed by atoms with Crippen molar-refractivity contribution in [3.05, 3.63) is 23.8 Å². The Morgan fingerprint density at radius 2 is 1.69 bits per heavy atom. The van der Waals surface area contributed by atoms with E-state index in [9.17, 15) is 0 Å². The van der Waals surface area contributed by atoms with Gasteiger partial charge in [-0.25, -0.2) is 0 Å². The largest absolute Gasteiger partial charge is 0.496 e. The second-order valence-electron chi connectivity index (χ2n) is 4.90. The van der Waals surface area contributed by atoms with E-state index in [1.807, 2.05) is 46.8 Å². The van der Waals surface area contributed by atoms with Gasteiger partial charge < -0.3 is 9.31 Å². The molecule has 3 nitrogen and oxygen atoms in total. The van der Waals surface area contributed by atoms with Crippen molar-refractivity contribution in [2.24, 2.45) is 4.99 Å². The summed E-state index contributed by atoms with van der Waals surface area (Å²) in [5, 5.41) is 0. The van der Waals surface area contributed by atoms with Crippen LogP contribution in [0.3, 0.4) is 0 Å². The molecular formula is C12H20BNO2. The average molecular weight is 221 g/mol. The Morgan fingerprint density at radius 1 is 1.19 bits per heavy atom. The highest BCUT2D eigenvalue weighted by molar-refractivity contribution is 6.55. The second kappa shape index (κ2) is 4.56. The third-order valence-corrected chi connectivity index (χ3v) is 3.12. The lowest BCUT2D eigenvalue weighted by Crippen LogP contribution is -2.41. The van der Waals surface area contributed by atoms with Crippen molar-refractivity contribution in [1.82, 2.24) is 0 Å². The van der Waals surface area contributed by atoms with Gasteiger partial charge in [0.05, 0.1) is 11.2 Å². The molecule has 0 amide bonds. The van der Waals surface area contributed by atoms with Crippen molar-refractivity contribution in [2.75, 3.05) is 0 Å². The summed E-state index contributed by atoms with van der Waals surface area (Å²) in [7, 11) is -0.369. The monoisotopic (exact) mass is 221 g/mol. The fourth-order valence-electron chi connectivity index (χ4n) is 1.46. The van der Waals surface area contributed by atoms with Gasteiger partial charge in [-0.1, -0.05) is 12.2 Å². The molecule has 0 saturated carbocycles. The smallest absolute Gasteiger partial charge is 0.399 e. The van der Waals surface area contributed by atoms with Crippen LogP contribution in [0.15, 0.2) is 28.8 Å². The Morgan fingerprint density at radius 3 is 2.06 bits per heavy atom. The number of allylic oxidation sites excluding steroid dienone is 3. The first-order valence-corrected chi connectivity index (χ1v) is 5.48. The van der Waals surface area contributed by atoms with Crippen LogP contribution in [0.1, 0.15) is 34.6 Å². The van der Waals surface area contributed by atoms with Crippen LogP contribution in [0.4, 0.5) is 0 Å². The van der Waals surface area contributed by atoms with E-state index in [1.165, 1.54) is 0 Å². The molecule has 1 aliphatic heterocycles. The van der Waals surface area contributed by atoms with Crippen molar-refractivity contribution in [2.45, 2.75) is 45.8 Å². The molecule has 88 valence electrons. The van der Waals surface area contributed by atoms with E-state index in [2.05, 4.69) is 11.7 Å². The third-order valence-electron chi connectivity index (χ3n) is 3.12. The van der Waals surface area contributed by atoms with Crippen LogP contribution in [0.25, 0.3) is 0 Å². The molecule has 4 heteroatoms. The fraction of sp³-hybridized carbons (Fsp3) is 0.583. The van der Waals surface area contributed by atoms with Crippen molar-refractivity contribution in [1.29, 1.82) is 0 Å². The molecule has 0 unspecified atom stereocenters. The quantitative estimate of drug-likeness (QED) is 0.416. The summed E-state index contributed by atoms with van der Waals surface area (Å²) in [6.07, 6.45) is 5.53. The lowest BCUT2D eigenvalue weighted by atomic mass is 9.78. The molecule has 0 aromatic heterocycles. The van der Waals surface area contributed by atoms with E-state index >= 15 is 0 Å². The molecule has 0 atom stereocenters. The van der Waals surface area contributed by atoms with Crippen LogP contribution in [-0.4, -0.2) is 25.0 Å². The summed E-state index contributed by atoms with van der Waals surface area (Å²) in [4.78, 5) is 3.77.